The Hall–Kier alpha value is -1.30. The Morgan fingerprint density at radius 1 is 1.10 bits per heavy atom. The minimum atomic E-state index is -0.540. The maximum absolute atomic E-state index is 10.1. The summed E-state index contributed by atoms with van der Waals surface area (Å²) in [6, 6.07) is 5.52. The zero-order chi connectivity index (χ0) is 14.2. The van der Waals surface area contributed by atoms with Crippen LogP contribution in [0.15, 0.2) is 18.2 Å². The molecule has 2 rings (SSSR count). The molecule has 0 fully saturated rings. The summed E-state index contributed by atoms with van der Waals surface area (Å²) in [6.07, 6.45) is 3.56. The minimum absolute atomic E-state index is 0.251. The van der Waals surface area contributed by atoms with Crippen molar-refractivity contribution in [2.45, 2.75) is 31.8 Å². The van der Waals surface area contributed by atoms with E-state index in [4.69, 9.17) is 14.6 Å². The molecule has 5 heteroatoms. The molecule has 1 atom stereocenters. The lowest BCUT2D eigenvalue weighted by molar-refractivity contribution is 0.170. The second kappa shape index (κ2) is 8.09. The SMILES string of the molecule is OCCCCCCNCC(O)c1ccc2c(c1)OCO2. The van der Waals surface area contributed by atoms with Gasteiger partial charge in [0.2, 0.25) is 6.79 Å². The lowest BCUT2D eigenvalue weighted by atomic mass is 10.1. The highest BCUT2D eigenvalue weighted by Crippen LogP contribution is 2.33. The Balaban J connectivity index is 1.66. The fourth-order valence-electron chi connectivity index (χ4n) is 2.19. The monoisotopic (exact) mass is 281 g/mol. The van der Waals surface area contributed by atoms with Crippen molar-refractivity contribution in [1.82, 2.24) is 5.32 Å². The highest BCUT2D eigenvalue weighted by Gasteiger charge is 2.16. The van der Waals surface area contributed by atoms with Crippen LogP contribution in [0.4, 0.5) is 0 Å². The van der Waals surface area contributed by atoms with Gasteiger partial charge in [0, 0.05) is 13.2 Å². The third-order valence-corrected chi connectivity index (χ3v) is 3.38. The highest BCUT2D eigenvalue weighted by atomic mass is 16.7. The van der Waals surface area contributed by atoms with E-state index < -0.39 is 6.10 Å². The molecule has 1 aromatic carbocycles. The predicted octanol–water partition coefficient (Wildman–Crippen LogP) is 1.59. The molecule has 1 heterocycles. The fourth-order valence-corrected chi connectivity index (χ4v) is 2.19. The first kappa shape index (κ1) is 15.1. The standard InChI is InChI=1S/C15H23NO4/c17-8-4-2-1-3-7-16-10-13(18)12-5-6-14-15(9-12)20-11-19-14/h5-6,9,13,16-18H,1-4,7-8,10-11H2. The molecule has 0 aromatic heterocycles. The number of benzene rings is 1. The van der Waals surface area contributed by atoms with Crippen LogP contribution in [0.5, 0.6) is 11.5 Å². The van der Waals surface area contributed by atoms with E-state index in [0.717, 1.165) is 43.5 Å². The molecule has 1 unspecified atom stereocenters. The van der Waals surface area contributed by atoms with Crippen molar-refractivity contribution in [3.63, 3.8) is 0 Å². The molecule has 0 aliphatic carbocycles. The van der Waals surface area contributed by atoms with Crippen molar-refractivity contribution in [3.05, 3.63) is 23.8 Å². The van der Waals surface area contributed by atoms with E-state index in [1.807, 2.05) is 18.2 Å². The van der Waals surface area contributed by atoms with E-state index >= 15 is 0 Å². The third kappa shape index (κ3) is 4.37. The highest BCUT2D eigenvalue weighted by molar-refractivity contribution is 5.45. The number of rotatable bonds is 9. The summed E-state index contributed by atoms with van der Waals surface area (Å²) in [6.45, 7) is 1.93. The number of hydrogen-bond acceptors (Lipinski definition) is 5. The minimum Gasteiger partial charge on any atom is -0.454 e. The van der Waals surface area contributed by atoms with Crippen LogP contribution in [-0.4, -0.2) is 36.7 Å². The number of aliphatic hydroxyl groups excluding tert-OH is 2. The van der Waals surface area contributed by atoms with E-state index in [9.17, 15) is 5.11 Å². The molecule has 0 saturated carbocycles. The molecule has 1 aliphatic rings. The molecular weight excluding hydrogens is 258 g/mol. The van der Waals surface area contributed by atoms with E-state index in [1.165, 1.54) is 0 Å². The zero-order valence-electron chi connectivity index (χ0n) is 11.7. The van der Waals surface area contributed by atoms with Crippen LogP contribution in [0.25, 0.3) is 0 Å². The lowest BCUT2D eigenvalue weighted by Crippen LogP contribution is -2.22. The van der Waals surface area contributed by atoms with Gasteiger partial charge in [-0.2, -0.15) is 0 Å². The number of ether oxygens (including phenoxy) is 2. The normalized spacial score (nSPS) is 14.5. The zero-order valence-corrected chi connectivity index (χ0v) is 11.7. The average molecular weight is 281 g/mol. The molecule has 0 radical (unpaired) electrons. The maximum atomic E-state index is 10.1. The Labute approximate surface area is 119 Å². The quantitative estimate of drug-likeness (QED) is 0.600. The molecule has 5 nitrogen and oxygen atoms in total. The molecule has 0 saturated heterocycles. The summed E-state index contributed by atoms with van der Waals surface area (Å²) < 4.78 is 10.5. The summed E-state index contributed by atoms with van der Waals surface area (Å²) in [5.74, 6) is 1.43. The first-order chi connectivity index (χ1) is 9.81. The number of unbranched alkanes of at least 4 members (excludes halogenated alkanes) is 3. The lowest BCUT2D eigenvalue weighted by Gasteiger charge is -2.12. The van der Waals surface area contributed by atoms with Crippen LogP contribution in [0.2, 0.25) is 0 Å². The van der Waals surface area contributed by atoms with Gasteiger partial charge in [0.05, 0.1) is 6.10 Å². The van der Waals surface area contributed by atoms with E-state index in [1.54, 1.807) is 0 Å². The molecule has 3 N–H and O–H groups in total. The van der Waals surface area contributed by atoms with Crippen LogP contribution >= 0.6 is 0 Å². The Morgan fingerprint density at radius 3 is 2.75 bits per heavy atom. The molecule has 0 bridgehead atoms. The van der Waals surface area contributed by atoms with Crippen molar-refractivity contribution >= 4 is 0 Å². The van der Waals surface area contributed by atoms with E-state index in [-0.39, 0.29) is 13.4 Å². The summed E-state index contributed by atoms with van der Waals surface area (Å²) in [5.41, 5.74) is 0.835. The number of fused-ring (bicyclic) bond motifs is 1. The second-order valence-electron chi connectivity index (χ2n) is 4.97. The largest absolute Gasteiger partial charge is 0.454 e. The van der Waals surface area contributed by atoms with Crippen molar-refractivity contribution < 1.29 is 19.7 Å². The van der Waals surface area contributed by atoms with Gasteiger partial charge in [-0.05, 0) is 37.1 Å². The average Bonchev–Trinajstić information content (AvgIpc) is 2.93. The van der Waals surface area contributed by atoms with Gasteiger partial charge in [-0.1, -0.05) is 18.9 Å². The van der Waals surface area contributed by atoms with Crippen molar-refractivity contribution in [2.24, 2.45) is 0 Å². The number of hydrogen-bond donors (Lipinski definition) is 3. The van der Waals surface area contributed by atoms with Crippen molar-refractivity contribution in [2.75, 3.05) is 26.5 Å². The van der Waals surface area contributed by atoms with Crippen molar-refractivity contribution in [1.29, 1.82) is 0 Å². The molecule has 1 aliphatic heterocycles. The van der Waals surface area contributed by atoms with Crippen LogP contribution in [-0.2, 0) is 0 Å². The molecular formula is C15H23NO4. The Bertz CT molecular complexity index is 411. The molecule has 1 aromatic rings. The Kier molecular flexibility index (Phi) is 6.11. The Morgan fingerprint density at radius 2 is 1.90 bits per heavy atom. The van der Waals surface area contributed by atoms with Crippen LogP contribution in [0, 0.1) is 0 Å². The van der Waals surface area contributed by atoms with Gasteiger partial charge in [0.15, 0.2) is 11.5 Å². The van der Waals surface area contributed by atoms with Gasteiger partial charge < -0.3 is 25.0 Å². The smallest absolute Gasteiger partial charge is 0.231 e. The van der Waals surface area contributed by atoms with E-state index in [2.05, 4.69) is 5.32 Å². The summed E-state index contributed by atoms with van der Waals surface area (Å²) in [5, 5.41) is 22.0. The second-order valence-corrected chi connectivity index (χ2v) is 4.97. The summed E-state index contributed by atoms with van der Waals surface area (Å²) >= 11 is 0. The summed E-state index contributed by atoms with van der Waals surface area (Å²) in [7, 11) is 0. The first-order valence-electron chi connectivity index (χ1n) is 7.20. The molecule has 112 valence electrons. The third-order valence-electron chi connectivity index (χ3n) is 3.38. The number of aliphatic hydroxyl groups is 2. The van der Waals surface area contributed by atoms with Gasteiger partial charge >= 0.3 is 0 Å². The van der Waals surface area contributed by atoms with Crippen LogP contribution in [0.3, 0.4) is 0 Å². The van der Waals surface area contributed by atoms with Crippen molar-refractivity contribution in [3.8, 4) is 11.5 Å². The van der Waals surface area contributed by atoms with Gasteiger partial charge in [-0.25, -0.2) is 0 Å². The predicted molar refractivity (Wildman–Crippen MR) is 75.9 cm³/mol. The van der Waals surface area contributed by atoms with E-state index in [0.29, 0.717) is 12.3 Å². The van der Waals surface area contributed by atoms with Crippen LogP contribution in [0.1, 0.15) is 37.4 Å². The number of nitrogens with one attached hydrogen (secondary N) is 1. The fraction of sp³-hybridized carbons (Fsp3) is 0.600. The molecule has 0 spiro atoms. The van der Waals surface area contributed by atoms with Crippen LogP contribution < -0.4 is 14.8 Å². The topological polar surface area (TPSA) is 71.0 Å². The molecule has 20 heavy (non-hydrogen) atoms. The van der Waals surface area contributed by atoms with Gasteiger partial charge in [0.1, 0.15) is 0 Å². The maximum Gasteiger partial charge on any atom is 0.231 e. The van der Waals surface area contributed by atoms with Gasteiger partial charge in [-0.3, -0.25) is 0 Å². The molecule has 0 amide bonds. The summed E-state index contributed by atoms with van der Waals surface area (Å²) in [4.78, 5) is 0. The van der Waals surface area contributed by atoms with Gasteiger partial charge in [-0.15, -0.1) is 0 Å². The van der Waals surface area contributed by atoms with Gasteiger partial charge in [0.25, 0.3) is 0 Å². The first-order valence-corrected chi connectivity index (χ1v) is 7.20.